The summed E-state index contributed by atoms with van der Waals surface area (Å²) in [4.78, 5) is 5.43. The fourth-order valence-corrected chi connectivity index (χ4v) is 2.34. The average Bonchev–Trinajstić information content (AvgIpc) is 2.46. The van der Waals surface area contributed by atoms with Crippen LogP contribution in [0.3, 0.4) is 0 Å². The van der Waals surface area contributed by atoms with Gasteiger partial charge in [0.1, 0.15) is 11.6 Å². The Morgan fingerprint density at radius 1 is 1.52 bits per heavy atom. The molecule has 0 unspecified atom stereocenters. The number of hydrogen-bond donors (Lipinski definition) is 3. The molecule has 1 aliphatic heterocycles. The molecule has 5 N–H and O–H groups in total. The van der Waals surface area contributed by atoms with Crippen molar-refractivity contribution in [3.8, 4) is 0 Å². The van der Waals surface area contributed by atoms with Gasteiger partial charge in [0.15, 0.2) is 0 Å². The third kappa shape index (κ3) is 3.92. The van der Waals surface area contributed by atoms with Crippen LogP contribution in [0.2, 0.25) is 0 Å². The van der Waals surface area contributed by atoms with Gasteiger partial charge in [-0.05, 0) is 13.0 Å². The summed E-state index contributed by atoms with van der Waals surface area (Å²) in [5.74, 6) is -0.0385. The quantitative estimate of drug-likeness (QED) is 0.731. The highest BCUT2D eigenvalue weighted by atomic mass is 19.4. The van der Waals surface area contributed by atoms with Gasteiger partial charge in [0, 0.05) is 24.4 Å². The number of halogens is 3. The van der Waals surface area contributed by atoms with Gasteiger partial charge in [-0.3, -0.25) is 0 Å². The maximum atomic E-state index is 13.1. The molecule has 9 heteroatoms. The van der Waals surface area contributed by atoms with Crippen molar-refractivity contribution >= 4 is 11.5 Å². The number of anilines is 1. The summed E-state index contributed by atoms with van der Waals surface area (Å²) in [7, 11) is 0. The summed E-state index contributed by atoms with van der Waals surface area (Å²) in [6, 6.07) is 0.699. The van der Waals surface area contributed by atoms with E-state index >= 15 is 0 Å². The molecule has 1 atom stereocenters. The van der Waals surface area contributed by atoms with Crippen LogP contribution in [0.15, 0.2) is 24.2 Å². The van der Waals surface area contributed by atoms with E-state index in [0.717, 1.165) is 6.20 Å². The molecule has 0 aliphatic carbocycles. The summed E-state index contributed by atoms with van der Waals surface area (Å²) in [5.41, 5.74) is 9.50. The van der Waals surface area contributed by atoms with Crippen molar-refractivity contribution in [2.24, 2.45) is 5.73 Å². The third-order valence-corrected chi connectivity index (χ3v) is 3.51. The van der Waals surface area contributed by atoms with E-state index in [9.17, 15) is 13.2 Å². The topological polar surface area (TPSA) is 101 Å². The fourth-order valence-electron chi connectivity index (χ4n) is 2.34. The first-order valence-corrected chi connectivity index (χ1v) is 6.93. The molecule has 0 saturated carbocycles. The second-order valence-corrected chi connectivity index (χ2v) is 5.25. The number of alkyl halides is 3. The molecule has 1 saturated heterocycles. The second kappa shape index (κ2) is 6.45. The summed E-state index contributed by atoms with van der Waals surface area (Å²) in [5, 5.41) is 7.94. The lowest BCUT2D eigenvalue weighted by Gasteiger charge is -2.35. The van der Waals surface area contributed by atoms with E-state index in [1.54, 1.807) is 4.90 Å². The molecular weight excluding hydrogens is 311 g/mol. The van der Waals surface area contributed by atoms with Gasteiger partial charge < -0.3 is 26.5 Å². The molecule has 0 bridgehead atoms. The molecule has 1 aliphatic rings. The normalized spacial score (nSPS) is 19.7. The Morgan fingerprint density at radius 3 is 2.83 bits per heavy atom. The number of morpholine rings is 1. The smallest absolute Gasteiger partial charge is 0.385 e. The van der Waals surface area contributed by atoms with E-state index in [4.69, 9.17) is 21.6 Å². The van der Waals surface area contributed by atoms with Crippen molar-refractivity contribution in [1.29, 1.82) is 5.41 Å². The Hall–Kier alpha value is -2.29. The minimum atomic E-state index is -4.63. The molecule has 1 fully saturated rings. The first-order valence-electron chi connectivity index (χ1n) is 6.93. The molecule has 1 aromatic heterocycles. The van der Waals surface area contributed by atoms with E-state index in [1.165, 1.54) is 6.08 Å². The van der Waals surface area contributed by atoms with E-state index in [1.807, 2.05) is 6.92 Å². The standard InChI is InChI=1S/C14H18F3N5O/c1-8-7-23-3-2-22(8)13(20)5-11(18)9-6-21-12(19)4-10(9)14(15,16)17/h4-6,8,18H,2-3,7,20H2,1H3,(H2,19,21)/b13-5+,18-11?/t8-/m0/s1. The number of nitrogens with one attached hydrogen (secondary N) is 1. The van der Waals surface area contributed by atoms with E-state index in [-0.39, 0.29) is 29.0 Å². The lowest BCUT2D eigenvalue weighted by molar-refractivity contribution is -0.137. The number of hydrogen-bond acceptors (Lipinski definition) is 6. The average molecular weight is 329 g/mol. The number of allylic oxidation sites excluding steroid dienone is 1. The Morgan fingerprint density at radius 2 is 2.22 bits per heavy atom. The lowest BCUT2D eigenvalue weighted by atomic mass is 10.0. The van der Waals surface area contributed by atoms with Gasteiger partial charge in [-0.15, -0.1) is 0 Å². The molecular formula is C14H18F3N5O. The summed E-state index contributed by atoms with van der Waals surface area (Å²) < 4.78 is 44.5. The van der Waals surface area contributed by atoms with Crippen LogP contribution in [0.25, 0.3) is 0 Å². The number of nitrogen functional groups attached to an aromatic ring is 1. The molecule has 0 aromatic carbocycles. The van der Waals surface area contributed by atoms with Gasteiger partial charge in [-0.1, -0.05) is 0 Å². The van der Waals surface area contributed by atoms with Gasteiger partial charge in [0.05, 0.1) is 30.5 Å². The Kier molecular flexibility index (Phi) is 4.79. The molecule has 1 aromatic rings. The van der Waals surface area contributed by atoms with Crippen molar-refractivity contribution < 1.29 is 17.9 Å². The predicted octanol–water partition coefficient (Wildman–Crippen LogP) is 1.57. The molecule has 0 radical (unpaired) electrons. The zero-order valence-corrected chi connectivity index (χ0v) is 12.5. The number of ether oxygens (including phenoxy) is 1. The van der Waals surface area contributed by atoms with Crippen molar-refractivity contribution in [3.63, 3.8) is 0 Å². The van der Waals surface area contributed by atoms with Gasteiger partial charge in [-0.25, -0.2) is 4.98 Å². The number of aromatic nitrogens is 1. The highest BCUT2D eigenvalue weighted by Crippen LogP contribution is 2.33. The highest BCUT2D eigenvalue weighted by Gasteiger charge is 2.35. The minimum absolute atomic E-state index is 0.0144. The van der Waals surface area contributed by atoms with Crippen LogP contribution in [0.4, 0.5) is 19.0 Å². The van der Waals surface area contributed by atoms with Crippen LogP contribution in [0.5, 0.6) is 0 Å². The molecule has 6 nitrogen and oxygen atoms in total. The lowest BCUT2D eigenvalue weighted by Crippen LogP contribution is -2.45. The van der Waals surface area contributed by atoms with Gasteiger partial charge >= 0.3 is 6.18 Å². The van der Waals surface area contributed by atoms with Crippen LogP contribution in [-0.4, -0.2) is 41.4 Å². The zero-order valence-electron chi connectivity index (χ0n) is 12.5. The van der Waals surface area contributed by atoms with Crippen LogP contribution >= 0.6 is 0 Å². The van der Waals surface area contributed by atoms with Crippen LogP contribution < -0.4 is 11.5 Å². The van der Waals surface area contributed by atoms with Crippen LogP contribution in [0, 0.1) is 5.41 Å². The van der Waals surface area contributed by atoms with Crippen LogP contribution in [-0.2, 0) is 10.9 Å². The maximum absolute atomic E-state index is 13.1. The zero-order chi connectivity index (χ0) is 17.2. The largest absolute Gasteiger partial charge is 0.417 e. The summed E-state index contributed by atoms with van der Waals surface area (Å²) in [6.07, 6.45) is -2.50. The maximum Gasteiger partial charge on any atom is 0.417 e. The molecule has 126 valence electrons. The van der Waals surface area contributed by atoms with E-state index in [2.05, 4.69) is 4.98 Å². The number of rotatable bonds is 3. The highest BCUT2D eigenvalue weighted by molar-refractivity contribution is 6.07. The molecule has 2 heterocycles. The van der Waals surface area contributed by atoms with Gasteiger partial charge in [0.2, 0.25) is 0 Å². The van der Waals surface area contributed by atoms with Gasteiger partial charge in [-0.2, -0.15) is 13.2 Å². The molecule has 0 amide bonds. The van der Waals surface area contributed by atoms with Crippen molar-refractivity contribution in [1.82, 2.24) is 9.88 Å². The second-order valence-electron chi connectivity index (χ2n) is 5.25. The Bertz CT molecular complexity index is 629. The van der Waals surface area contributed by atoms with E-state index in [0.29, 0.717) is 25.8 Å². The van der Waals surface area contributed by atoms with Crippen molar-refractivity contribution in [3.05, 3.63) is 35.3 Å². The number of nitrogens with zero attached hydrogens (tertiary/aromatic N) is 2. The predicted molar refractivity (Wildman–Crippen MR) is 79.7 cm³/mol. The SMILES string of the molecule is C[C@H]1COCCN1/C(N)=C/C(=N)c1cnc(N)cc1C(F)(F)F. The number of nitrogens with two attached hydrogens (primary N) is 2. The monoisotopic (exact) mass is 329 g/mol. The summed E-state index contributed by atoms with van der Waals surface area (Å²) in [6.45, 7) is 3.35. The first-order chi connectivity index (χ1) is 10.7. The summed E-state index contributed by atoms with van der Waals surface area (Å²) >= 11 is 0. The van der Waals surface area contributed by atoms with Crippen LogP contribution in [0.1, 0.15) is 18.1 Å². The molecule has 2 rings (SSSR count). The molecule has 0 spiro atoms. The molecule has 23 heavy (non-hydrogen) atoms. The van der Waals surface area contributed by atoms with E-state index < -0.39 is 11.7 Å². The van der Waals surface area contributed by atoms with Crippen molar-refractivity contribution in [2.75, 3.05) is 25.5 Å². The third-order valence-electron chi connectivity index (χ3n) is 3.51. The first kappa shape index (κ1) is 17.1. The van der Waals surface area contributed by atoms with Gasteiger partial charge in [0.25, 0.3) is 0 Å². The van der Waals surface area contributed by atoms with Crippen molar-refractivity contribution in [2.45, 2.75) is 19.1 Å². The minimum Gasteiger partial charge on any atom is -0.385 e. The Labute approximate surface area is 131 Å². The number of pyridine rings is 1. The Balaban J connectivity index is 2.32. The fraction of sp³-hybridized carbons (Fsp3) is 0.429.